The molecule has 3 aromatic rings. The van der Waals surface area contributed by atoms with Gasteiger partial charge >= 0.3 is 0 Å². The van der Waals surface area contributed by atoms with Gasteiger partial charge in [-0.25, -0.2) is 8.42 Å². The first-order chi connectivity index (χ1) is 14.6. The minimum atomic E-state index is -3.13. The van der Waals surface area contributed by atoms with Crippen molar-refractivity contribution in [1.29, 1.82) is 0 Å². The fourth-order valence-electron chi connectivity index (χ4n) is 3.37. The summed E-state index contributed by atoms with van der Waals surface area (Å²) >= 11 is 0. The lowest BCUT2D eigenvalue weighted by Crippen LogP contribution is -2.38. The van der Waals surface area contributed by atoms with Gasteiger partial charge in [0.25, 0.3) is 0 Å². The smallest absolute Gasteiger partial charge is 0.191 e. The van der Waals surface area contributed by atoms with Crippen LogP contribution >= 0.6 is 24.0 Å². The molecule has 6 nitrogen and oxygen atoms in total. The molecule has 3 N–H and O–H groups in total. The second-order valence-electron chi connectivity index (χ2n) is 7.23. The van der Waals surface area contributed by atoms with E-state index in [1.54, 1.807) is 0 Å². The summed E-state index contributed by atoms with van der Waals surface area (Å²) in [5.74, 6) is 0.943. The van der Waals surface area contributed by atoms with E-state index in [4.69, 9.17) is 0 Å². The molecule has 168 valence electrons. The Morgan fingerprint density at radius 3 is 2.55 bits per heavy atom. The van der Waals surface area contributed by atoms with Gasteiger partial charge in [0.1, 0.15) is 0 Å². The zero-order chi connectivity index (χ0) is 21.2. The number of nitrogens with one attached hydrogen (secondary N) is 3. The largest absolute Gasteiger partial charge is 0.361 e. The molecule has 1 aromatic heterocycles. The van der Waals surface area contributed by atoms with Crippen molar-refractivity contribution in [2.75, 3.05) is 25.4 Å². The molecule has 0 saturated heterocycles. The van der Waals surface area contributed by atoms with E-state index < -0.39 is 9.84 Å². The fraction of sp³-hybridized carbons (Fsp3) is 0.348. The van der Waals surface area contributed by atoms with Crippen LogP contribution in [0.2, 0.25) is 0 Å². The number of rotatable bonds is 10. The minimum Gasteiger partial charge on any atom is -0.361 e. The summed E-state index contributed by atoms with van der Waals surface area (Å²) in [6.45, 7) is 3.99. The summed E-state index contributed by atoms with van der Waals surface area (Å²) in [7, 11) is -3.13. The maximum absolute atomic E-state index is 12.3. The lowest BCUT2D eigenvalue weighted by atomic mass is 10.1. The number of nitrogens with zero attached hydrogens (tertiary/aromatic N) is 1. The molecular formula is C23H31IN4O2S. The topological polar surface area (TPSA) is 86.3 Å². The second kappa shape index (κ2) is 12.7. The molecule has 0 atom stereocenters. The molecule has 0 spiro atoms. The van der Waals surface area contributed by atoms with Crippen molar-refractivity contribution in [3.8, 4) is 0 Å². The van der Waals surface area contributed by atoms with Crippen LogP contribution in [0.15, 0.2) is 65.8 Å². The number of sulfone groups is 1. The SMILES string of the molecule is CCNC(=NCCCS(=O)(=O)Cc1ccccc1)NCCc1c[nH]c2ccccc12.I. The number of halogens is 1. The van der Waals surface area contributed by atoms with Crippen molar-refractivity contribution in [2.45, 2.75) is 25.5 Å². The Balaban J connectivity index is 0.00000341. The highest BCUT2D eigenvalue weighted by Gasteiger charge is 2.11. The first-order valence-corrected chi connectivity index (χ1v) is 12.2. The molecule has 0 fully saturated rings. The van der Waals surface area contributed by atoms with Crippen molar-refractivity contribution >= 4 is 50.7 Å². The molecule has 2 aromatic carbocycles. The van der Waals surface area contributed by atoms with E-state index in [1.807, 2.05) is 55.6 Å². The van der Waals surface area contributed by atoms with Gasteiger partial charge in [-0.15, -0.1) is 24.0 Å². The number of para-hydroxylation sites is 1. The van der Waals surface area contributed by atoms with Crippen LogP contribution in [0, 0.1) is 0 Å². The van der Waals surface area contributed by atoms with Crippen LogP contribution in [0.1, 0.15) is 24.5 Å². The lowest BCUT2D eigenvalue weighted by Gasteiger charge is -2.11. The summed E-state index contributed by atoms with van der Waals surface area (Å²) in [5.41, 5.74) is 3.24. The van der Waals surface area contributed by atoms with E-state index in [9.17, 15) is 8.42 Å². The number of aliphatic imine (C=N–C) groups is 1. The van der Waals surface area contributed by atoms with Gasteiger partial charge in [-0.3, -0.25) is 4.99 Å². The van der Waals surface area contributed by atoms with Crippen LogP contribution in [0.4, 0.5) is 0 Å². The Kier molecular flexibility index (Phi) is 10.3. The number of fused-ring (bicyclic) bond motifs is 1. The van der Waals surface area contributed by atoms with Crippen LogP contribution in [0.3, 0.4) is 0 Å². The van der Waals surface area contributed by atoms with Crippen molar-refractivity contribution in [2.24, 2.45) is 4.99 Å². The van der Waals surface area contributed by atoms with E-state index in [1.165, 1.54) is 10.9 Å². The van der Waals surface area contributed by atoms with Crippen LogP contribution < -0.4 is 10.6 Å². The first-order valence-electron chi connectivity index (χ1n) is 10.4. The summed E-state index contributed by atoms with van der Waals surface area (Å²) in [6, 6.07) is 17.6. The zero-order valence-electron chi connectivity index (χ0n) is 17.8. The molecule has 3 rings (SSSR count). The van der Waals surface area contributed by atoms with Crippen molar-refractivity contribution < 1.29 is 8.42 Å². The normalized spacial score (nSPS) is 11.8. The molecule has 1 heterocycles. The second-order valence-corrected chi connectivity index (χ2v) is 9.41. The number of aromatic nitrogens is 1. The molecule has 0 aliphatic heterocycles. The quantitative estimate of drug-likeness (QED) is 0.154. The average Bonchev–Trinajstić information content (AvgIpc) is 3.15. The van der Waals surface area contributed by atoms with E-state index in [0.29, 0.717) is 13.0 Å². The third-order valence-electron chi connectivity index (χ3n) is 4.82. The highest BCUT2D eigenvalue weighted by Crippen LogP contribution is 2.17. The lowest BCUT2D eigenvalue weighted by molar-refractivity contribution is 0.592. The van der Waals surface area contributed by atoms with Crippen LogP contribution in [-0.2, 0) is 22.0 Å². The highest BCUT2D eigenvalue weighted by atomic mass is 127. The number of hydrogen-bond donors (Lipinski definition) is 3. The molecule has 0 saturated carbocycles. The maximum atomic E-state index is 12.3. The monoisotopic (exact) mass is 554 g/mol. The van der Waals surface area contributed by atoms with Crippen molar-refractivity contribution in [3.63, 3.8) is 0 Å². The fourth-order valence-corrected chi connectivity index (χ4v) is 4.79. The predicted octanol–water partition coefficient (Wildman–Crippen LogP) is 3.89. The molecule has 31 heavy (non-hydrogen) atoms. The Labute approximate surface area is 201 Å². The van der Waals surface area contributed by atoms with Gasteiger partial charge in [0, 0.05) is 36.7 Å². The summed E-state index contributed by atoms with van der Waals surface area (Å²) < 4.78 is 24.6. The standard InChI is InChI=1S/C23H30N4O2S.HI/c1-2-24-23(26-15-13-20-17-27-22-12-7-6-11-21(20)22)25-14-8-16-30(28,29)18-19-9-4-3-5-10-19;/h3-7,9-12,17,27H,2,8,13-16,18H2,1H3,(H2,24,25,26);1H. The third-order valence-corrected chi connectivity index (χ3v) is 6.50. The van der Waals surface area contributed by atoms with Crippen LogP contribution in [-0.4, -0.2) is 44.7 Å². The van der Waals surface area contributed by atoms with Gasteiger partial charge < -0.3 is 15.6 Å². The number of hydrogen-bond acceptors (Lipinski definition) is 3. The van der Waals surface area contributed by atoms with Crippen molar-refractivity contribution in [3.05, 3.63) is 71.9 Å². The summed E-state index contributed by atoms with van der Waals surface area (Å²) in [6.07, 6.45) is 3.43. The number of guanidine groups is 1. The zero-order valence-corrected chi connectivity index (χ0v) is 21.0. The molecule has 0 bridgehead atoms. The first kappa shape index (κ1) is 25.2. The van der Waals surface area contributed by atoms with Gasteiger partial charge in [0.05, 0.1) is 11.5 Å². The third kappa shape index (κ3) is 8.17. The van der Waals surface area contributed by atoms with Crippen LogP contribution in [0.5, 0.6) is 0 Å². The average molecular weight is 554 g/mol. The number of H-pyrrole nitrogens is 1. The molecule has 0 unspecified atom stereocenters. The van der Waals surface area contributed by atoms with Crippen molar-refractivity contribution in [1.82, 2.24) is 15.6 Å². The Hall–Kier alpha value is -2.07. The number of aromatic amines is 1. The van der Waals surface area contributed by atoms with Gasteiger partial charge in [-0.1, -0.05) is 48.5 Å². The summed E-state index contributed by atoms with van der Waals surface area (Å²) in [5, 5.41) is 7.80. The highest BCUT2D eigenvalue weighted by molar-refractivity contribution is 14.0. The van der Waals surface area contributed by atoms with Crippen LogP contribution in [0.25, 0.3) is 10.9 Å². The molecular weight excluding hydrogens is 523 g/mol. The van der Waals surface area contributed by atoms with Gasteiger partial charge in [0.15, 0.2) is 15.8 Å². The molecule has 0 amide bonds. The van der Waals surface area contributed by atoms with Gasteiger partial charge in [-0.05, 0) is 37.0 Å². The number of benzene rings is 2. The predicted molar refractivity (Wildman–Crippen MR) is 140 cm³/mol. The molecule has 8 heteroatoms. The summed E-state index contributed by atoms with van der Waals surface area (Å²) in [4.78, 5) is 7.82. The molecule has 0 aliphatic carbocycles. The van der Waals surface area contributed by atoms with E-state index in [-0.39, 0.29) is 35.5 Å². The minimum absolute atomic E-state index is 0. The van der Waals surface area contributed by atoms with Gasteiger partial charge in [0.2, 0.25) is 0 Å². The Morgan fingerprint density at radius 2 is 1.77 bits per heavy atom. The van der Waals surface area contributed by atoms with E-state index >= 15 is 0 Å². The molecule has 0 aliphatic rings. The Bertz CT molecular complexity index is 1070. The Morgan fingerprint density at radius 1 is 1.03 bits per heavy atom. The van der Waals surface area contributed by atoms with E-state index in [2.05, 4.69) is 32.7 Å². The van der Waals surface area contributed by atoms with E-state index in [0.717, 1.165) is 36.6 Å². The maximum Gasteiger partial charge on any atom is 0.191 e. The van der Waals surface area contributed by atoms with Gasteiger partial charge in [-0.2, -0.15) is 0 Å². The molecule has 0 radical (unpaired) electrons.